The summed E-state index contributed by atoms with van der Waals surface area (Å²) in [6.45, 7) is 5.00. The van der Waals surface area contributed by atoms with E-state index >= 15 is 0 Å². The molecule has 0 aliphatic heterocycles. The van der Waals surface area contributed by atoms with Gasteiger partial charge in [0.15, 0.2) is 0 Å². The summed E-state index contributed by atoms with van der Waals surface area (Å²) in [6, 6.07) is 10.0. The van der Waals surface area contributed by atoms with E-state index in [0.717, 1.165) is 11.6 Å². The van der Waals surface area contributed by atoms with Gasteiger partial charge in [0.1, 0.15) is 11.4 Å². The van der Waals surface area contributed by atoms with Crippen LogP contribution < -0.4 is 4.18 Å². The van der Waals surface area contributed by atoms with Gasteiger partial charge < -0.3 is 18.9 Å². The maximum Gasteiger partial charge on any atom is 0.534 e. The van der Waals surface area contributed by atoms with Crippen molar-refractivity contribution in [2.75, 3.05) is 6.54 Å². The Morgan fingerprint density at radius 1 is 1.17 bits per heavy atom. The highest BCUT2D eigenvalue weighted by atomic mass is 35.5. The number of carbonyl (C=O) groups is 1. The summed E-state index contributed by atoms with van der Waals surface area (Å²) in [6.07, 6.45) is -0.581. The molecule has 0 bridgehead atoms. The van der Waals surface area contributed by atoms with Crippen LogP contribution in [-0.2, 0) is 27.7 Å². The first-order chi connectivity index (χ1) is 16.6. The molecule has 3 rings (SSSR count). The number of carbonyl (C=O) groups excluding carboxylic acids is 1. The molecule has 1 N–H and O–H groups in total. The van der Waals surface area contributed by atoms with Crippen LogP contribution in [0.5, 0.6) is 5.75 Å². The number of aliphatic hydroxyl groups is 1. The number of nitrogens with zero attached hydrogens (tertiary/aromatic N) is 1. The Balaban J connectivity index is 1.87. The molecule has 1 amide bonds. The van der Waals surface area contributed by atoms with Gasteiger partial charge >= 0.3 is 21.7 Å². The zero-order valence-corrected chi connectivity index (χ0v) is 21.5. The van der Waals surface area contributed by atoms with Gasteiger partial charge in [0, 0.05) is 11.1 Å². The van der Waals surface area contributed by atoms with Crippen molar-refractivity contribution in [3.8, 4) is 5.75 Å². The molecule has 0 heterocycles. The second-order valence-electron chi connectivity index (χ2n) is 9.51. The molecular weight excluding hydrogens is 523 g/mol. The Labute approximate surface area is 212 Å². The minimum absolute atomic E-state index is 0.117. The van der Waals surface area contributed by atoms with Gasteiger partial charge in [-0.25, -0.2) is 4.79 Å². The van der Waals surface area contributed by atoms with E-state index in [-0.39, 0.29) is 13.0 Å². The van der Waals surface area contributed by atoms with Crippen LogP contribution in [0, 0.1) is 0 Å². The van der Waals surface area contributed by atoms with Gasteiger partial charge in [-0.2, -0.15) is 21.6 Å². The van der Waals surface area contributed by atoms with Crippen LogP contribution in [-0.4, -0.2) is 48.2 Å². The number of hydrogen-bond acceptors (Lipinski definition) is 6. The Hall–Kier alpha value is -2.50. The number of aryl methyl sites for hydroxylation is 1. The molecule has 7 nitrogen and oxygen atoms in total. The van der Waals surface area contributed by atoms with Crippen LogP contribution in [0.15, 0.2) is 42.5 Å². The molecule has 1 aliphatic carbocycles. The first kappa shape index (κ1) is 28.1. The lowest BCUT2D eigenvalue weighted by Gasteiger charge is -2.37. The summed E-state index contributed by atoms with van der Waals surface area (Å²) in [5.74, 6) is -0.477. The fraction of sp³-hybridized carbons (Fsp3) is 0.458. The van der Waals surface area contributed by atoms with Crippen molar-refractivity contribution >= 4 is 27.8 Å². The Kier molecular flexibility index (Phi) is 8.17. The highest BCUT2D eigenvalue weighted by Crippen LogP contribution is 2.32. The van der Waals surface area contributed by atoms with Crippen LogP contribution in [0.4, 0.5) is 18.0 Å². The predicted molar refractivity (Wildman–Crippen MR) is 127 cm³/mol. The van der Waals surface area contributed by atoms with E-state index in [1.807, 2.05) is 0 Å². The molecular formula is C24H27ClF3NO6S. The van der Waals surface area contributed by atoms with Crippen molar-refractivity contribution in [2.45, 2.75) is 63.3 Å². The third kappa shape index (κ3) is 7.04. The molecule has 36 heavy (non-hydrogen) atoms. The van der Waals surface area contributed by atoms with Gasteiger partial charge in [-0.15, -0.1) is 0 Å². The maximum atomic E-state index is 13.1. The smallest absolute Gasteiger partial charge is 0.444 e. The van der Waals surface area contributed by atoms with Gasteiger partial charge in [0.05, 0.1) is 12.6 Å². The van der Waals surface area contributed by atoms with E-state index in [4.69, 9.17) is 16.3 Å². The number of aliphatic hydroxyl groups excluding tert-OH is 1. The topological polar surface area (TPSA) is 93.1 Å². The lowest BCUT2D eigenvalue weighted by Crippen LogP contribution is -2.47. The molecule has 198 valence electrons. The summed E-state index contributed by atoms with van der Waals surface area (Å²) < 4.78 is 70.8. The number of fused-ring (bicyclic) bond motifs is 1. The fourth-order valence-corrected chi connectivity index (χ4v) is 4.56. The summed E-state index contributed by atoms with van der Waals surface area (Å²) in [4.78, 5) is 14.5. The van der Waals surface area contributed by atoms with Gasteiger partial charge in [-0.1, -0.05) is 29.8 Å². The summed E-state index contributed by atoms with van der Waals surface area (Å²) in [7, 11) is -5.82. The summed E-state index contributed by atoms with van der Waals surface area (Å²) in [5, 5.41) is 11.3. The standard InChI is InChI=1S/C24H27ClF3NO6S/c1-23(2,3)34-22(31)29(14-21(30)16-5-4-6-18(25)11-16)19-9-7-15-8-10-20(13-17(15)12-19)35-36(32,33)24(26,27)28/h4-6,8,10-11,13,19,21,30H,7,9,12,14H2,1-3H3/t19-,21+/m0/s1. The molecule has 2 atom stereocenters. The first-order valence-electron chi connectivity index (χ1n) is 11.1. The van der Waals surface area contributed by atoms with Crippen molar-refractivity contribution in [3.05, 3.63) is 64.2 Å². The van der Waals surface area contributed by atoms with Crippen LogP contribution in [0.25, 0.3) is 0 Å². The first-order valence-corrected chi connectivity index (χ1v) is 12.9. The number of hydrogen-bond donors (Lipinski definition) is 1. The second kappa shape index (κ2) is 10.5. The number of ether oxygens (including phenoxy) is 1. The van der Waals surface area contributed by atoms with Crippen LogP contribution in [0.1, 0.15) is 50.0 Å². The van der Waals surface area contributed by atoms with E-state index < -0.39 is 45.2 Å². The third-order valence-electron chi connectivity index (χ3n) is 5.54. The number of halogens is 4. The molecule has 2 aromatic carbocycles. The maximum absolute atomic E-state index is 13.1. The Bertz CT molecular complexity index is 1210. The number of alkyl halides is 3. The van der Waals surface area contributed by atoms with Crippen molar-refractivity contribution in [2.24, 2.45) is 0 Å². The predicted octanol–water partition coefficient (Wildman–Crippen LogP) is 5.40. The SMILES string of the molecule is CC(C)(C)OC(=O)N(C[C@@H](O)c1cccc(Cl)c1)[C@H]1CCc2ccc(OS(=O)(=O)C(F)(F)F)cc2C1. The third-order valence-corrected chi connectivity index (χ3v) is 6.76. The molecule has 2 aromatic rings. The van der Waals surface area contributed by atoms with Gasteiger partial charge in [-0.3, -0.25) is 0 Å². The molecule has 0 radical (unpaired) electrons. The van der Waals surface area contributed by atoms with Crippen molar-refractivity contribution < 1.29 is 40.4 Å². The van der Waals surface area contributed by atoms with Crippen molar-refractivity contribution in [1.29, 1.82) is 0 Å². The average Bonchev–Trinajstić information content (AvgIpc) is 2.74. The quantitative estimate of drug-likeness (QED) is 0.383. The Morgan fingerprint density at radius 2 is 1.86 bits per heavy atom. The zero-order chi connectivity index (χ0) is 26.9. The Morgan fingerprint density at radius 3 is 2.47 bits per heavy atom. The van der Waals surface area contributed by atoms with Crippen LogP contribution >= 0.6 is 11.6 Å². The molecule has 12 heteroatoms. The molecule has 0 saturated heterocycles. The highest BCUT2D eigenvalue weighted by Gasteiger charge is 2.48. The van der Waals surface area contributed by atoms with Crippen molar-refractivity contribution in [3.63, 3.8) is 0 Å². The fourth-order valence-electron chi connectivity index (χ4n) is 3.90. The largest absolute Gasteiger partial charge is 0.534 e. The van der Waals surface area contributed by atoms with Gasteiger partial charge in [0.25, 0.3) is 0 Å². The van der Waals surface area contributed by atoms with Crippen molar-refractivity contribution in [1.82, 2.24) is 4.90 Å². The van der Waals surface area contributed by atoms with Crippen LogP contribution in [0.3, 0.4) is 0 Å². The summed E-state index contributed by atoms with van der Waals surface area (Å²) in [5.41, 5.74) is -4.54. The molecule has 0 aromatic heterocycles. The van der Waals surface area contributed by atoms with E-state index in [2.05, 4.69) is 4.18 Å². The van der Waals surface area contributed by atoms with Gasteiger partial charge in [-0.05, 0) is 81.0 Å². The number of rotatable bonds is 6. The summed E-state index contributed by atoms with van der Waals surface area (Å²) >= 11 is 6.03. The minimum atomic E-state index is -5.82. The van der Waals surface area contributed by atoms with E-state index in [1.165, 1.54) is 17.0 Å². The molecule has 0 spiro atoms. The van der Waals surface area contributed by atoms with Crippen LogP contribution in [0.2, 0.25) is 5.02 Å². The number of amides is 1. The number of benzene rings is 2. The molecule has 0 unspecified atom stereocenters. The average molecular weight is 550 g/mol. The minimum Gasteiger partial charge on any atom is -0.444 e. The van der Waals surface area contributed by atoms with E-state index in [1.54, 1.807) is 45.0 Å². The lowest BCUT2D eigenvalue weighted by molar-refractivity contribution is -0.0500. The molecule has 1 aliphatic rings. The molecule has 0 saturated carbocycles. The highest BCUT2D eigenvalue weighted by molar-refractivity contribution is 7.88. The van der Waals surface area contributed by atoms with Gasteiger partial charge in [0.2, 0.25) is 0 Å². The zero-order valence-electron chi connectivity index (χ0n) is 19.9. The van der Waals surface area contributed by atoms with E-state index in [9.17, 15) is 31.5 Å². The monoisotopic (exact) mass is 549 g/mol. The van der Waals surface area contributed by atoms with E-state index in [0.29, 0.717) is 29.0 Å². The normalized spacial score (nSPS) is 17.2. The lowest BCUT2D eigenvalue weighted by atomic mass is 9.87. The second-order valence-corrected chi connectivity index (χ2v) is 11.5. The molecule has 0 fully saturated rings.